The molecule has 0 amide bonds. The monoisotopic (exact) mass is 235 g/mol. The van der Waals surface area contributed by atoms with Gasteiger partial charge in [0.25, 0.3) is 0 Å². The highest BCUT2D eigenvalue weighted by Gasteiger charge is 2.07. The Morgan fingerprint density at radius 1 is 1.18 bits per heavy atom. The molecule has 1 atom stereocenters. The van der Waals surface area contributed by atoms with E-state index >= 15 is 0 Å². The molecule has 17 heavy (non-hydrogen) atoms. The fourth-order valence-corrected chi connectivity index (χ4v) is 1.64. The average Bonchev–Trinajstić information content (AvgIpc) is 2.32. The van der Waals surface area contributed by atoms with Gasteiger partial charge in [-0.1, -0.05) is 13.8 Å². The van der Waals surface area contributed by atoms with Crippen LogP contribution in [-0.2, 0) is 0 Å². The van der Waals surface area contributed by atoms with Crippen LogP contribution in [0.15, 0.2) is 18.3 Å². The van der Waals surface area contributed by atoms with Crippen molar-refractivity contribution in [3.63, 3.8) is 0 Å². The van der Waals surface area contributed by atoms with Gasteiger partial charge in [-0.25, -0.2) is 4.98 Å². The summed E-state index contributed by atoms with van der Waals surface area (Å²) >= 11 is 0. The van der Waals surface area contributed by atoms with Crippen molar-refractivity contribution >= 4 is 11.5 Å². The smallest absolute Gasteiger partial charge is 0.128 e. The van der Waals surface area contributed by atoms with Gasteiger partial charge in [-0.2, -0.15) is 0 Å². The summed E-state index contributed by atoms with van der Waals surface area (Å²) in [5.74, 6) is 1.68. The summed E-state index contributed by atoms with van der Waals surface area (Å²) in [6.45, 7) is 12.9. The largest absolute Gasteiger partial charge is 0.381 e. The standard InChI is InChI=1S/C14H25N3/c1-6-17(7-2)14-9-8-13(10-15-14)16-12(5)11(3)4/h8-12,16H,6-7H2,1-5H3. The number of nitrogens with one attached hydrogen (secondary N) is 1. The van der Waals surface area contributed by atoms with E-state index in [2.05, 4.69) is 62.0 Å². The first kappa shape index (κ1) is 13.8. The molecule has 0 aromatic carbocycles. The maximum Gasteiger partial charge on any atom is 0.128 e. The maximum atomic E-state index is 4.50. The molecule has 0 aliphatic carbocycles. The second kappa shape index (κ2) is 6.48. The molecule has 1 aromatic rings. The van der Waals surface area contributed by atoms with E-state index in [9.17, 15) is 0 Å². The van der Waals surface area contributed by atoms with Crippen molar-refractivity contribution in [3.05, 3.63) is 18.3 Å². The van der Waals surface area contributed by atoms with Crippen molar-refractivity contribution in [2.75, 3.05) is 23.3 Å². The van der Waals surface area contributed by atoms with Crippen LogP contribution in [-0.4, -0.2) is 24.1 Å². The van der Waals surface area contributed by atoms with Gasteiger partial charge in [0.15, 0.2) is 0 Å². The van der Waals surface area contributed by atoms with Gasteiger partial charge in [0.1, 0.15) is 5.82 Å². The molecule has 1 heterocycles. The molecule has 0 radical (unpaired) electrons. The van der Waals surface area contributed by atoms with Crippen LogP contribution >= 0.6 is 0 Å². The molecule has 96 valence electrons. The normalized spacial score (nSPS) is 12.6. The van der Waals surface area contributed by atoms with E-state index in [0.29, 0.717) is 12.0 Å². The lowest BCUT2D eigenvalue weighted by Gasteiger charge is -2.21. The predicted octanol–water partition coefficient (Wildman–Crippen LogP) is 3.38. The summed E-state index contributed by atoms with van der Waals surface area (Å²) < 4.78 is 0. The van der Waals surface area contributed by atoms with Gasteiger partial charge in [0, 0.05) is 19.1 Å². The summed E-state index contributed by atoms with van der Waals surface area (Å²) in [6, 6.07) is 4.66. The molecule has 3 heteroatoms. The molecule has 1 aromatic heterocycles. The first-order valence-corrected chi connectivity index (χ1v) is 6.56. The number of nitrogens with zero attached hydrogens (tertiary/aromatic N) is 2. The number of hydrogen-bond donors (Lipinski definition) is 1. The Hall–Kier alpha value is -1.25. The molecule has 0 aliphatic rings. The number of hydrogen-bond acceptors (Lipinski definition) is 3. The molecule has 0 aliphatic heterocycles. The van der Waals surface area contributed by atoms with E-state index in [-0.39, 0.29) is 0 Å². The third kappa shape index (κ3) is 3.91. The molecule has 0 bridgehead atoms. The minimum Gasteiger partial charge on any atom is -0.381 e. The fourth-order valence-electron chi connectivity index (χ4n) is 1.64. The molecule has 3 nitrogen and oxygen atoms in total. The zero-order valence-corrected chi connectivity index (χ0v) is 11.7. The number of aromatic nitrogens is 1. The molecular formula is C14H25N3. The Bertz CT molecular complexity index is 315. The van der Waals surface area contributed by atoms with E-state index in [1.54, 1.807) is 0 Å². The lowest BCUT2D eigenvalue weighted by atomic mass is 10.1. The first-order valence-electron chi connectivity index (χ1n) is 6.56. The lowest BCUT2D eigenvalue weighted by Crippen LogP contribution is -2.23. The van der Waals surface area contributed by atoms with Crippen LogP contribution in [0.25, 0.3) is 0 Å². The fraction of sp³-hybridized carbons (Fsp3) is 0.643. The SMILES string of the molecule is CCN(CC)c1ccc(NC(C)C(C)C)cn1. The highest BCUT2D eigenvalue weighted by Crippen LogP contribution is 2.16. The first-order chi connectivity index (χ1) is 8.08. The average molecular weight is 235 g/mol. The van der Waals surface area contributed by atoms with Crippen molar-refractivity contribution < 1.29 is 0 Å². The molecule has 0 saturated carbocycles. The Kier molecular flexibility index (Phi) is 5.26. The van der Waals surface area contributed by atoms with Gasteiger partial charge >= 0.3 is 0 Å². The zero-order chi connectivity index (χ0) is 12.8. The second-order valence-electron chi connectivity index (χ2n) is 4.75. The Balaban J connectivity index is 2.67. The van der Waals surface area contributed by atoms with Gasteiger partial charge in [0.2, 0.25) is 0 Å². The summed E-state index contributed by atoms with van der Waals surface area (Å²) in [7, 11) is 0. The van der Waals surface area contributed by atoms with Gasteiger partial charge in [-0.15, -0.1) is 0 Å². The van der Waals surface area contributed by atoms with Gasteiger partial charge < -0.3 is 10.2 Å². The van der Waals surface area contributed by atoms with Crippen LogP contribution in [0.3, 0.4) is 0 Å². The predicted molar refractivity (Wildman–Crippen MR) is 75.7 cm³/mol. The van der Waals surface area contributed by atoms with Crippen molar-refractivity contribution in [1.29, 1.82) is 0 Å². The lowest BCUT2D eigenvalue weighted by molar-refractivity contribution is 0.560. The second-order valence-corrected chi connectivity index (χ2v) is 4.75. The van der Waals surface area contributed by atoms with E-state index in [4.69, 9.17) is 0 Å². The number of anilines is 2. The molecule has 1 unspecified atom stereocenters. The van der Waals surface area contributed by atoms with Crippen LogP contribution in [0, 0.1) is 5.92 Å². The van der Waals surface area contributed by atoms with Crippen molar-refractivity contribution in [3.8, 4) is 0 Å². The van der Waals surface area contributed by atoms with E-state index in [1.807, 2.05) is 6.20 Å². The van der Waals surface area contributed by atoms with Gasteiger partial charge in [-0.05, 0) is 38.8 Å². The van der Waals surface area contributed by atoms with Crippen LogP contribution in [0.2, 0.25) is 0 Å². The summed E-state index contributed by atoms with van der Waals surface area (Å²) in [5, 5.41) is 3.46. The van der Waals surface area contributed by atoms with E-state index < -0.39 is 0 Å². The van der Waals surface area contributed by atoms with Crippen LogP contribution in [0.5, 0.6) is 0 Å². The van der Waals surface area contributed by atoms with Crippen molar-refractivity contribution in [2.45, 2.75) is 40.7 Å². The third-order valence-corrected chi connectivity index (χ3v) is 3.23. The molecular weight excluding hydrogens is 210 g/mol. The van der Waals surface area contributed by atoms with Gasteiger partial charge in [0.05, 0.1) is 11.9 Å². The Morgan fingerprint density at radius 3 is 2.24 bits per heavy atom. The van der Waals surface area contributed by atoms with Crippen molar-refractivity contribution in [2.24, 2.45) is 5.92 Å². The Labute approximate surface area is 105 Å². The minimum absolute atomic E-state index is 0.469. The topological polar surface area (TPSA) is 28.2 Å². The Morgan fingerprint density at radius 2 is 1.82 bits per heavy atom. The summed E-state index contributed by atoms with van der Waals surface area (Å²) in [5.41, 5.74) is 1.10. The van der Waals surface area contributed by atoms with E-state index in [1.165, 1.54) is 0 Å². The highest BCUT2D eigenvalue weighted by molar-refractivity contribution is 5.49. The molecule has 0 spiro atoms. The molecule has 1 rings (SSSR count). The number of rotatable bonds is 6. The van der Waals surface area contributed by atoms with Crippen molar-refractivity contribution in [1.82, 2.24) is 4.98 Å². The van der Waals surface area contributed by atoms with E-state index in [0.717, 1.165) is 24.6 Å². The third-order valence-electron chi connectivity index (χ3n) is 3.23. The maximum absolute atomic E-state index is 4.50. The van der Waals surface area contributed by atoms with Crippen LogP contribution in [0.4, 0.5) is 11.5 Å². The molecule has 1 N–H and O–H groups in total. The zero-order valence-electron chi connectivity index (χ0n) is 11.7. The summed E-state index contributed by atoms with van der Waals surface area (Å²) in [6.07, 6.45) is 1.92. The molecule has 0 saturated heterocycles. The minimum atomic E-state index is 0.469. The van der Waals surface area contributed by atoms with Crippen LogP contribution in [0.1, 0.15) is 34.6 Å². The summed E-state index contributed by atoms with van der Waals surface area (Å²) in [4.78, 5) is 6.74. The number of pyridine rings is 1. The molecule has 0 fully saturated rings. The van der Waals surface area contributed by atoms with Gasteiger partial charge in [-0.3, -0.25) is 0 Å². The van der Waals surface area contributed by atoms with Crippen LogP contribution < -0.4 is 10.2 Å². The highest BCUT2D eigenvalue weighted by atomic mass is 15.2. The quantitative estimate of drug-likeness (QED) is 0.819.